The molecule has 1 rings (SSSR count). The molecule has 1 aromatic heterocycles. The van der Waals surface area contributed by atoms with Crippen LogP contribution in [0.15, 0.2) is 10.5 Å². The molecule has 0 bridgehead atoms. The Kier molecular flexibility index (Phi) is 4.34. The number of thiol groups is 3. The summed E-state index contributed by atoms with van der Waals surface area (Å²) in [5, 5.41) is 0.381. The van der Waals surface area contributed by atoms with E-state index in [4.69, 9.17) is 4.42 Å². The third-order valence-electron chi connectivity index (χ3n) is 2.05. The van der Waals surface area contributed by atoms with Gasteiger partial charge in [0.25, 0.3) is 0 Å². The lowest BCUT2D eigenvalue weighted by Crippen LogP contribution is -1.89. The zero-order valence-corrected chi connectivity index (χ0v) is 11.2. The van der Waals surface area contributed by atoms with Gasteiger partial charge in [-0.05, 0) is 26.8 Å². The van der Waals surface area contributed by atoms with Gasteiger partial charge in [0, 0.05) is 10.8 Å². The Bertz CT molecular complexity index is 277. The molecular weight excluding hydrogens is 232 g/mol. The van der Waals surface area contributed by atoms with Gasteiger partial charge >= 0.3 is 0 Å². The molecule has 0 spiro atoms. The molecule has 0 aliphatic rings. The standard InChI is InChI=1S/C10H16OS3/c1-5(12)8-4-9(6(2)13)11-10(8)7(3)14/h4-7,12-14H,1-3H3. The summed E-state index contributed by atoms with van der Waals surface area (Å²) in [6.07, 6.45) is 0. The van der Waals surface area contributed by atoms with Crippen molar-refractivity contribution in [3.05, 3.63) is 23.2 Å². The molecule has 0 N–H and O–H groups in total. The Morgan fingerprint density at radius 2 is 1.57 bits per heavy atom. The molecule has 0 aliphatic carbocycles. The maximum Gasteiger partial charge on any atom is 0.120 e. The van der Waals surface area contributed by atoms with Crippen molar-refractivity contribution in [2.24, 2.45) is 0 Å². The molecule has 0 fully saturated rings. The molecular formula is C10H16OS3. The Morgan fingerprint density at radius 3 is 1.86 bits per heavy atom. The van der Waals surface area contributed by atoms with Crippen LogP contribution < -0.4 is 0 Å². The molecule has 3 unspecified atom stereocenters. The van der Waals surface area contributed by atoms with Crippen LogP contribution in [0.4, 0.5) is 0 Å². The third kappa shape index (κ3) is 2.67. The van der Waals surface area contributed by atoms with E-state index in [1.54, 1.807) is 0 Å². The largest absolute Gasteiger partial charge is 0.463 e. The molecule has 1 aromatic rings. The number of hydrogen-bond donors (Lipinski definition) is 3. The molecule has 1 heterocycles. The predicted octanol–water partition coefficient (Wildman–Crippen LogP) is 4.25. The summed E-state index contributed by atoms with van der Waals surface area (Å²) in [5.74, 6) is 1.80. The molecule has 0 radical (unpaired) electrons. The lowest BCUT2D eigenvalue weighted by Gasteiger charge is -2.06. The molecule has 1 nitrogen and oxygen atoms in total. The van der Waals surface area contributed by atoms with E-state index in [9.17, 15) is 0 Å². The van der Waals surface area contributed by atoms with Crippen LogP contribution in [0.25, 0.3) is 0 Å². The van der Waals surface area contributed by atoms with Gasteiger partial charge in [-0.1, -0.05) is 0 Å². The average Bonchev–Trinajstić information content (AvgIpc) is 2.47. The summed E-state index contributed by atoms with van der Waals surface area (Å²) in [6, 6.07) is 2.03. The van der Waals surface area contributed by atoms with Crippen LogP contribution >= 0.6 is 37.9 Å². The van der Waals surface area contributed by atoms with E-state index in [-0.39, 0.29) is 15.7 Å². The molecule has 80 valence electrons. The fourth-order valence-corrected chi connectivity index (χ4v) is 1.83. The summed E-state index contributed by atoms with van der Waals surface area (Å²) >= 11 is 13.1. The Balaban J connectivity index is 3.12. The molecule has 4 heteroatoms. The number of hydrogen-bond acceptors (Lipinski definition) is 4. The van der Waals surface area contributed by atoms with Crippen molar-refractivity contribution < 1.29 is 4.42 Å². The molecule has 3 atom stereocenters. The van der Waals surface area contributed by atoms with Crippen molar-refractivity contribution in [2.75, 3.05) is 0 Å². The quantitative estimate of drug-likeness (QED) is 0.680. The zero-order valence-electron chi connectivity index (χ0n) is 8.56. The molecule has 0 aliphatic heterocycles. The highest BCUT2D eigenvalue weighted by atomic mass is 32.1. The number of rotatable bonds is 3. The Labute approximate surface area is 102 Å². The SMILES string of the molecule is CC(S)c1cc(C(C)S)c(C(C)S)o1. The fraction of sp³-hybridized carbons (Fsp3) is 0.600. The normalized spacial score (nSPS) is 17.9. The van der Waals surface area contributed by atoms with E-state index in [1.165, 1.54) is 0 Å². The second kappa shape index (κ2) is 4.90. The topological polar surface area (TPSA) is 13.1 Å². The minimum absolute atomic E-state index is 0.0976. The van der Waals surface area contributed by atoms with Crippen molar-refractivity contribution in [3.8, 4) is 0 Å². The fourth-order valence-electron chi connectivity index (χ4n) is 1.30. The molecule has 0 aromatic carbocycles. The van der Waals surface area contributed by atoms with Gasteiger partial charge in [-0.2, -0.15) is 37.9 Å². The maximum absolute atomic E-state index is 5.70. The van der Waals surface area contributed by atoms with Crippen molar-refractivity contribution >= 4 is 37.9 Å². The van der Waals surface area contributed by atoms with Gasteiger partial charge in [0.05, 0.1) is 10.5 Å². The highest BCUT2D eigenvalue weighted by Gasteiger charge is 2.18. The molecule has 0 amide bonds. The lowest BCUT2D eigenvalue weighted by molar-refractivity contribution is 0.467. The van der Waals surface area contributed by atoms with Crippen molar-refractivity contribution in [3.63, 3.8) is 0 Å². The van der Waals surface area contributed by atoms with E-state index >= 15 is 0 Å². The zero-order chi connectivity index (χ0) is 10.9. The van der Waals surface area contributed by atoms with Gasteiger partial charge < -0.3 is 4.42 Å². The molecule has 0 saturated heterocycles. The summed E-state index contributed by atoms with van der Waals surface area (Å²) in [6.45, 7) is 6.01. The maximum atomic E-state index is 5.70. The van der Waals surface area contributed by atoms with E-state index in [0.29, 0.717) is 0 Å². The van der Waals surface area contributed by atoms with Gasteiger partial charge in [0.1, 0.15) is 11.5 Å². The second-order valence-electron chi connectivity index (χ2n) is 3.50. The first-order chi connectivity index (χ1) is 6.43. The van der Waals surface area contributed by atoms with Gasteiger partial charge in [-0.15, -0.1) is 0 Å². The highest BCUT2D eigenvalue weighted by molar-refractivity contribution is 7.81. The second-order valence-corrected chi connectivity index (χ2v) is 5.82. The minimum Gasteiger partial charge on any atom is -0.463 e. The Morgan fingerprint density at radius 1 is 1.00 bits per heavy atom. The van der Waals surface area contributed by atoms with Gasteiger partial charge in [-0.25, -0.2) is 0 Å². The summed E-state index contributed by atoms with van der Waals surface area (Å²) in [7, 11) is 0. The molecule has 14 heavy (non-hydrogen) atoms. The van der Waals surface area contributed by atoms with Crippen LogP contribution in [0.5, 0.6) is 0 Å². The third-order valence-corrected chi connectivity index (χ3v) is 2.82. The van der Waals surface area contributed by atoms with E-state index in [1.807, 2.05) is 26.8 Å². The van der Waals surface area contributed by atoms with Crippen LogP contribution in [0, 0.1) is 0 Å². The van der Waals surface area contributed by atoms with Crippen LogP contribution in [0.3, 0.4) is 0 Å². The lowest BCUT2D eigenvalue weighted by atomic mass is 10.1. The van der Waals surface area contributed by atoms with Crippen molar-refractivity contribution in [2.45, 2.75) is 36.5 Å². The van der Waals surface area contributed by atoms with Crippen molar-refractivity contribution in [1.29, 1.82) is 0 Å². The smallest absolute Gasteiger partial charge is 0.120 e. The summed E-state index contributed by atoms with van der Waals surface area (Å²) in [5.41, 5.74) is 1.12. The summed E-state index contributed by atoms with van der Waals surface area (Å²) < 4.78 is 5.70. The monoisotopic (exact) mass is 248 g/mol. The molecule has 0 saturated carbocycles. The van der Waals surface area contributed by atoms with Gasteiger partial charge in [0.2, 0.25) is 0 Å². The van der Waals surface area contributed by atoms with Crippen LogP contribution in [0.2, 0.25) is 0 Å². The minimum atomic E-state index is 0.0976. The summed E-state index contributed by atoms with van der Waals surface area (Å²) in [4.78, 5) is 0. The van der Waals surface area contributed by atoms with Crippen LogP contribution in [-0.2, 0) is 0 Å². The van der Waals surface area contributed by atoms with E-state index < -0.39 is 0 Å². The Hall–Kier alpha value is 0.330. The van der Waals surface area contributed by atoms with Gasteiger partial charge in [0.15, 0.2) is 0 Å². The van der Waals surface area contributed by atoms with Crippen molar-refractivity contribution in [1.82, 2.24) is 0 Å². The first-order valence-electron chi connectivity index (χ1n) is 4.61. The van der Waals surface area contributed by atoms with E-state index in [0.717, 1.165) is 17.1 Å². The number of furan rings is 1. The van der Waals surface area contributed by atoms with Gasteiger partial charge in [-0.3, -0.25) is 0 Å². The van der Waals surface area contributed by atoms with Crippen LogP contribution in [0.1, 0.15) is 53.6 Å². The van der Waals surface area contributed by atoms with E-state index in [2.05, 4.69) is 37.9 Å². The average molecular weight is 248 g/mol. The predicted molar refractivity (Wildman–Crippen MR) is 70.9 cm³/mol. The first-order valence-corrected chi connectivity index (χ1v) is 6.16. The first kappa shape index (κ1) is 12.4. The van der Waals surface area contributed by atoms with Crippen LogP contribution in [-0.4, -0.2) is 0 Å². The highest BCUT2D eigenvalue weighted by Crippen LogP contribution is 2.36.